The van der Waals surface area contributed by atoms with Gasteiger partial charge in [0, 0.05) is 5.69 Å². The molecule has 0 aliphatic rings. The molecule has 0 bridgehead atoms. The van der Waals surface area contributed by atoms with Crippen LogP contribution in [-0.2, 0) is 6.54 Å². The second kappa shape index (κ2) is 4.91. The number of anilines is 1. The van der Waals surface area contributed by atoms with Crippen LogP contribution in [0.4, 0.5) is 10.1 Å². The van der Waals surface area contributed by atoms with Crippen molar-refractivity contribution in [3.05, 3.63) is 53.2 Å². The summed E-state index contributed by atoms with van der Waals surface area (Å²) in [5.41, 5.74) is 5.55. The van der Waals surface area contributed by atoms with Gasteiger partial charge in [0.2, 0.25) is 0 Å². The number of nitrogens with one attached hydrogen (secondary N) is 1. The molecule has 0 aliphatic carbocycles. The average molecular weight is 248 g/mol. The molecule has 1 heterocycles. The number of hydrogen-bond donors (Lipinski definition) is 2. The van der Waals surface area contributed by atoms with Crippen molar-refractivity contribution in [3.8, 4) is 0 Å². The number of primary amides is 1. The van der Waals surface area contributed by atoms with Crippen LogP contribution in [-0.4, -0.2) is 5.91 Å². The quantitative estimate of drug-likeness (QED) is 0.873. The second-order valence-electron chi connectivity index (χ2n) is 3.92. The summed E-state index contributed by atoms with van der Waals surface area (Å²) in [6.45, 7) is 2.31. The van der Waals surface area contributed by atoms with Crippen LogP contribution < -0.4 is 11.1 Å². The van der Waals surface area contributed by atoms with E-state index in [1.165, 1.54) is 18.2 Å². The largest absolute Gasteiger partial charge is 0.465 e. The van der Waals surface area contributed by atoms with Crippen LogP contribution in [0.25, 0.3) is 0 Å². The number of nitrogens with two attached hydrogens (primary N) is 1. The van der Waals surface area contributed by atoms with E-state index in [-0.39, 0.29) is 5.56 Å². The van der Waals surface area contributed by atoms with E-state index in [2.05, 4.69) is 5.32 Å². The fraction of sp³-hybridized carbons (Fsp3) is 0.154. The topological polar surface area (TPSA) is 68.3 Å². The van der Waals surface area contributed by atoms with Gasteiger partial charge >= 0.3 is 0 Å². The Kier molecular flexibility index (Phi) is 3.32. The first kappa shape index (κ1) is 12.2. The lowest BCUT2D eigenvalue weighted by molar-refractivity contribution is 0.0996. The zero-order valence-corrected chi connectivity index (χ0v) is 9.87. The van der Waals surface area contributed by atoms with E-state index >= 15 is 0 Å². The number of hydrogen-bond acceptors (Lipinski definition) is 3. The summed E-state index contributed by atoms with van der Waals surface area (Å²) in [5, 5.41) is 3.03. The molecular formula is C13H13FN2O2. The predicted octanol–water partition coefficient (Wildman–Crippen LogP) is 2.44. The van der Waals surface area contributed by atoms with Crippen molar-refractivity contribution in [2.24, 2.45) is 5.73 Å². The zero-order chi connectivity index (χ0) is 13.1. The molecule has 0 atom stereocenters. The van der Waals surface area contributed by atoms with Gasteiger partial charge in [0.05, 0.1) is 12.1 Å². The smallest absolute Gasteiger partial charge is 0.251 e. The molecule has 0 saturated carbocycles. The van der Waals surface area contributed by atoms with Crippen LogP contribution in [0.15, 0.2) is 34.7 Å². The van der Waals surface area contributed by atoms with Crippen LogP contribution in [0.5, 0.6) is 0 Å². The Morgan fingerprint density at radius 2 is 2.17 bits per heavy atom. The van der Waals surface area contributed by atoms with E-state index in [4.69, 9.17) is 10.2 Å². The summed E-state index contributed by atoms with van der Waals surface area (Å²) in [7, 11) is 0. The first-order valence-corrected chi connectivity index (χ1v) is 5.45. The van der Waals surface area contributed by atoms with Crippen molar-refractivity contribution in [3.63, 3.8) is 0 Å². The maximum atomic E-state index is 13.2. The van der Waals surface area contributed by atoms with Crippen molar-refractivity contribution in [1.82, 2.24) is 0 Å². The highest BCUT2D eigenvalue weighted by atomic mass is 19.1. The Labute approximate surface area is 104 Å². The normalized spacial score (nSPS) is 10.3. The van der Waals surface area contributed by atoms with Gasteiger partial charge in [-0.05, 0) is 37.3 Å². The molecule has 0 spiro atoms. The summed E-state index contributed by atoms with van der Waals surface area (Å²) in [4.78, 5) is 11.0. The molecule has 0 unspecified atom stereocenters. The number of carbonyl (C=O) groups excluding carboxylic acids is 1. The highest BCUT2D eigenvalue weighted by molar-refractivity contribution is 5.94. The number of halogens is 1. The summed E-state index contributed by atoms with van der Waals surface area (Å²) in [5.74, 6) is 0.174. The number of aryl methyl sites for hydroxylation is 1. The maximum absolute atomic E-state index is 13.2. The van der Waals surface area contributed by atoms with Crippen molar-refractivity contribution < 1.29 is 13.6 Å². The lowest BCUT2D eigenvalue weighted by Crippen LogP contribution is -2.13. The number of carbonyl (C=O) groups is 1. The number of benzene rings is 1. The minimum absolute atomic E-state index is 0.129. The van der Waals surface area contributed by atoms with E-state index in [9.17, 15) is 9.18 Å². The van der Waals surface area contributed by atoms with Gasteiger partial charge in [0.1, 0.15) is 17.3 Å². The fourth-order valence-electron chi connectivity index (χ4n) is 1.59. The third kappa shape index (κ3) is 2.68. The first-order chi connectivity index (χ1) is 8.56. The molecule has 18 heavy (non-hydrogen) atoms. The van der Waals surface area contributed by atoms with Crippen LogP contribution in [0, 0.1) is 12.7 Å². The SMILES string of the molecule is Cc1ccc(CNc2ccc(F)c(C(N)=O)c2)o1. The van der Waals surface area contributed by atoms with Crippen molar-refractivity contribution in [1.29, 1.82) is 0 Å². The van der Waals surface area contributed by atoms with Gasteiger partial charge in [-0.2, -0.15) is 0 Å². The van der Waals surface area contributed by atoms with Crippen LogP contribution in [0.3, 0.4) is 0 Å². The minimum atomic E-state index is -0.787. The van der Waals surface area contributed by atoms with Crippen molar-refractivity contribution in [2.45, 2.75) is 13.5 Å². The average Bonchev–Trinajstić information content (AvgIpc) is 2.74. The lowest BCUT2D eigenvalue weighted by Gasteiger charge is -2.06. The first-order valence-electron chi connectivity index (χ1n) is 5.45. The Hall–Kier alpha value is -2.30. The van der Waals surface area contributed by atoms with Gasteiger partial charge in [-0.25, -0.2) is 4.39 Å². The number of furan rings is 1. The third-order valence-electron chi connectivity index (χ3n) is 2.49. The molecule has 2 aromatic rings. The van der Waals surface area contributed by atoms with E-state index < -0.39 is 11.7 Å². The monoisotopic (exact) mass is 248 g/mol. The molecule has 1 aromatic heterocycles. The zero-order valence-electron chi connectivity index (χ0n) is 9.87. The van der Waals surface area contributed by atoms with Gasteiger partial charge < -0.3 is 15.5 Å². The Morgan fingerprint density at radius 3 is 2.78 bits per heavy atom. The maximum Gasteiger partial charge on any atom is 0.251 e. The highest BCUT2D eigenvalue weighted by Crippen LogP contribution is 2.16. The summed E-state index contributed by atoms with van der Waals surface area (Å²) >= 11 is 0. The van der Waals surface area contributed by atoms with Gasteiger partial charge in [0.15, 0.2) is 0 Å². The Morgan fingerprint density at radius 1 is 1.39 bits per heavy atom. The Balaban J connectivity index is 2.10. The number of rotatable bonds is 4. The molecule has 3 N–H and O–H groups in total. The second-order valence-corrected chi connectivity index (χ2v) is 3.92. The van der Waals surface area contributed by atoms with E-state index in [0.29, 0.717) is 12.2 Å². The Bertz CT molecular complexity index is 578. The van der Waals surface area contributed by atoms with Gasteiger partial charge in [-0.1, -0.05) is 0 Å². The van der Waals surface area contributed by atoms with Gasteiger partial charge in [0.25, 0.3) is 5.91 Å². The lowest BCUT2D eigenvalue weighted by atomic mass is 10.2. The summed E-state index contributed by atoms with van der Waals surface area (Å²) in [6.07, 6.45) is 0. The molecule has 0 radical (unpaired) electrons. The summed E-state index contributed by atoms with van der Waals surface area (Å²) < 4.78 is 18.6. The third-order valence-corrected chi connectivity index (χ3v) is 2.49. The molecule has 0 aliphatic heterocycles. The molecular weight excluding hydrogens is 235 g/mol. The molecule has 5 heteroatoms. The van der Waals surface area contributed by atoms with Crippen LogP contribution in [0.1, 0.15) is 21.9 Å². The van der Waals surface area contributed by atoms with Crippen molar-refractivity contribution in [2.75, 3.05) is 5.32 Å². The van der Waals surface area contributed by atoms with Crippen LogP contribution in [0.2, 0.25) is 0 Å². The molecule has 0 saturated heterocycles. The molecule has 1 aromatic carbocycles. The molecule has 0 fully saturated rings. The van der Waals surface area contributed by atoms with Crippen molar-refractivity contribution >= 4 is 11.6 Å². The minimum Gasteiger partial charge on any atom is -0.465 e. The van der Waals surface area contributed by atoms with E-state index in [1.807, 2.05) is 19.1 Å². The van der Waals surface area contributed by atoms with Gasteiger partial charge in [-0.15, -0.1) is 0 Å². The fourth-order valence-corrected chi connectivity index (χ4v) is 1.59. The van der Waals surface area contributed by atoms with Crippen LogP contribution >= 0.6 is 0 Å². The standard InChI is InChI=1S/C13H13FN2O2/c1-8-2-4-10(18-8)7-16-9-3-5-12(14)11(6-9)13(15)17/h2-6,16H,7H2,1H3,(H2,15,17). The molecule has 2 rings (SSSR count). The summed E-state index contributed by atoms with van der Waals surface area (Å²) in [6, 6.07) is 7.83. The van der Waals surface area contributed by atoms with Gasteiger partial charge in [-0.3, -0.25) is 4.79 Å². The number of amides is 1. The highest BCUT2D eigenvalue weighted by Gasteiger charge is 2.09. The molecule has 94 valence electrons. The predicted molar refractivity (Wildman–Crippen MR) is 65.7 cm³/mol. The molecule has 1 amide bonds. The van der Waals surface area contributed by atoms with E-state index in [0.717, 1.165) is 11.5 Å². The van der Waals surface area contributed by atoms with E-state index in [1.54, 1.807) is 0 Å². The molecule has 4 nitrogen and oxygen atoms in total.